The fourth-order valence-corrected chi connectivity index (χ4v) is 1.64. The summed E-state index contributed by atoms with van der Waals surface area (Å²) < 4.78 is 10.3. The predicted octanol–water partition coefficient (Wildman–Crippen LogP) is -0.355. The van der Waals surface area contributed by atoms with Crippen LogP contribution in [0.5, 0.6) is 0 Å². The number of carbonyl (C=O) groups is 1. The zero-order valence-corrected chi connectivity index (χ0v) is 9.41. The molecule has 1 fully saturated rings. The number of nitrogens with one attached hydrogen (secondary N) is 1. The lowest BCUT2D eigenvalue weighted by Crippen LogP contribution is -2.48. The maximum atomic E-state index is 11.5. The van der Waals surface area contributed by atoms with Crippen LogP contribution in [-0.2, 0) is 14.3 Å². The van der Waals surface area contributed by atoms with Crippen LogP contribution >= 0.6 is 0 Å². The number of rotatable bonds is 5. The molecule has 1 amide bonds. The maximum absolute atomic E-state index is 11.5. The molecular formula is C10H20N2O3. The van der Waals surface area contributed by atoms with Crippen LogP contribution in [0.4, 0.5) is 0 Å². The van der Waals surface area contributed by atoms with Gasteiger partial charge in [-0.1, -0.05) is 0 Å². The van der Waals surface area contributed by atoms with Crippen LogP contribution in [0, 0.1) is 0 Å². The summed E-state index contributed by atoms with van der Waals surface area (Å²) in [5, 5.41) is 2.78. The molecule has 0 saturated carbocycles. The van der Waals surface area contributed by atoms with E-state index in [1.165, 1.54) is 7.11 Å². The molecule has 0 spiro atoms. The molecule has 1 aliphatic rings. The minimum atomic E-state index is -0.597. The van der Waals surface area contributed by atoms with Crippen LogP contribution in [-0.4, -0.2) is 44.4 Å². The largest absolute Gasteiger partial charge is 0.383 e. The van der Waals surface area contributed by atoms with Crippen molar-refractivity contribution in [3.05, 3.63) is 0 Å². The summed E-state index contributed by atoms with van der Waals surface area (Å²) in [5.74, 6) is -0.187. The highest BCUT2D eigenvalue weighted by Crippen LogP contribution is 2.23. The quantitative estimate of drug-likeness (QED) is 0.658. The fraction of sp³-hybridized carbons (Fsp3) is 0.900. The van der Waals surface area contributed by atoms with Gasteiger partial charge >= 0.3 is 0 Å². The van der Waals surface area contributed by atoms with Gasteiger partial charge in [-0.3, -0.25) is 4.79 Å². The Balaban J connectivity index is 2.26. The molecular weight excluding hydrogens is 196 g/mol. The van der Waals surface area contributed by atoms with E-state index in [1.807, 2.05) is 6.92 Å². The molecule has 5 heteroatoms. The van der Waals surface area contributed by atoms with Crippen molar-refractivity contribution < 1.29 is 14.3 Å². The van der Waals surface area contributed by atoms with Gasteiger partial charge < -0.3 is 20.5 Å². The molecule has 5 nitrogen and oxygen atoms in total. The molecule has 3 N–H and O–H groups in total. The van der Waals surface area contributed by atoms with Crippen molar-refractivity contribution in [2.24, 2.45) is 5.73 Å². The summed E-state index contributed by atoms with van der Waals surface area (Å²) >= 11 is 0. The number of methoxy groups -OCH3 is 1. The lowest BCUT2D eigenvalue weighted by Gasteiger charge is -2.24. The van der Waals surface area contributed by atoms with E-state index < -0.39 is 6.04 Å². The molecule has 88 valence electrons. The van der Waals surface area contributed by atoms with Crippen LogP contribution in [0.25, 0.3) is 0 Å². The van der Waals surface area contributed by atoms with Gasteiger partial charge in [0.05, 0.1) is 12.2 Å². The molecule has 1 saturated heterocycles. The number of carbonyl (C=O) groups excluding carboxylic acids is 1. The summed E-state index contributed by atoms with van der Waals surface area (Å²) in [6.07, 6.45) is 2.03. The monoisotopic (exact) mass is 216 g/mol. The predicted molar refractivity (Wildman–Crippen MR) is 56.5 cm³/mol. The third-order valence-corrected chi connectivity index (χ3v) is 2.62. The summed E-state index contributed by atoms with van der Waals surface area (Å²) in [6, 6.07) is -0.597. The van der Waals surface area contributed by atoms with Gasteiger partial charge in [-0.2, -0.15) is 0 Å². The van der Waals surface area contributed by atoms with E-state index in [0.29, 0.717) is 6.54 Å². The van der Waals surface area contributed by atoms with Gasteiger partial charge in [0.15, 0.2) is 0 Å². The van der Waals surface area contributed by atoms with Gasteiger partial charge in [0, 0.05) is 20.3 Å². The number of amides is 1. The lowest BCUT2D eigenvalue weighted by atomic mass is 10.0. The Hall–Kier alpha value is -0.650. The van der Waals surface area contributed by atoms with Gasteiger partial charge in [-0.15, -0.1) is 0 Å². The number of hydrogen-bond donors (Lipinski definition) is 2. The molecule has 0 bridgehead atoms. The van der Waals surface area contributed by atoms with Gasteiger partial charge in [-0.05, 0) is 19.8 Å². The Bertz CT molecular complexity index is 215. The summed E-state index contributed by atoms with van der Waals surface area (Å²) in [5.41, 5.74) is 5.36. The van der Waals surface area contributed by atoms with E-state index in [4.69, 9.17) is 15.2 Å². The average molecular weight is 216 g/mol. The van der Waals surface area contributed by atoms with Crippen LogP contribution in [0.3, 0.4) is 0 Å². The summed E-state index contributed by atoms with van der Waals surface area (Å²) in [7, 11) is 1.52. The van der Waals surface area contributed by atoms with Gasteiger partial charge in [0.2, 0.25) is 5.91 Å². The Morgan fingerprint density at radius 3 is 3.00 bits per heavy atom. The average Bonchev–Trinajstić information content (AvgIpc) is 2.63. The Morgan fingerprint density at radius 2 is 2.47 bits per heavy atom. The molecule has 1 aliphatic heterocycles. The van der Waals surface area contributed by atoms with E-state index in [9.17, 15) is 4.79 Å². The first-order chi connectivity index (χ1) is 7.07. The van der Waals surface area contributed by atoms with Gasteiger partial charge in [-0.25, -0.2) is 0 Å². The van der Waals surface area contributed by atoms with Crippen LogP contribution in [0.15, 0.2) is 0 Å². The molecule has 2 atom stereocenters. The standard InChI is InChI=1S/C10H20N2O3/c1-10(4-3-5-15-10)7-12-9(13)8(11)6-14-2/h8H,3-7,11H2,1-2H3,(H,12,13). The SMILES string of the molecule is COCC(N)C(=O)NCC1(C)CCCO1. The first kappa shape index (κ1) is 12.4. The first-order valence-corrected chi connectivity index (χ1v) is 5.23. The van der Waals surface area contributed by atoms with Gasteiger partial charge in [0.1, 0.15) is 6.04 Å². The molecule has 0 aromatic heterocycles. The highest BCUT2D eigenvalue weighted by molar-refractivity contribution is 5.81. The van der Waals surface area contributed by atoms with Crippen LogP contribution in [0.1, 0.15) is 19.8 Å². The third-order valence-electron chi connectivity index (χ3n) is 2.62. The molecule has 0 aliphatic carbocycles. The summed E-state index contributed by atoms with van der Waals surface area (Å²) in [6.45, 7) is 3.53. The normalized spacial score (nSPS) is 27.7. The summed E-state index contributed by atoms with van der Waals surface area (Å²) in [4.78, 5) is 11.5. The number of ether oxygens (including phenoxy) is 2. The second-order valence-corrected chi connectivity index (χ2v) is 4.18. The second-order valence-electron chi connectivity index (χ2n) is 4.18. The van der Waals surface area contributed by atoms with Crippen molar-refractivity contribution in [3.8, 4) is 0 Å². The lowest BCUT2D eigenvalue weighted by molar-refractivity contribution is -0.124. The minimum absolute atomic E-state index is 0.187. The Labute approximate surface area is 90.3 Å². The van der Waals surface area contributed by atoms with E-state index in [2.05, 4.69) is 5.32 Å². The Kier molecular flexibility index (Phi) is 4.50. The molecule has 1 heterocycles. The van der Waals surface area contributed by atoms with E-state index in [0.717, 1.165) is 19.4 Å². The minimum Gasteiger partial charge on any atom is -0.383 e. The molecule has 1 rings (SSSR count). The first-order valence-electron chi connectivity index (χ1n) is 5.23. The van der Waals surface area contributed by atoms with Crippen LogP contribution in [0.2, 0.25) is 0 Å². The molecule has 0 aromatic rings. The molecule has 15 heavy (non-hydrogen) atoms. The zero-order valence-electron chi connectivity index (χ0n) is 9.41. The van der Waals surface area contributed by atoms with E-state index in [1.54, 1.807) is 0 Å². The highest BCUT2D eigenvalue weighted by Gasteiger charge is 2.30. The maximum Gasteiger partial charge on any atom is 0.239 e. The van der Waals surface area contributed by atoms with E-state index >= 15 is 0 Å². The smallest absolute Gasteiger partial charge is 0.239 e. The van der Waals surface area contributed by atoms with E-state index in [-0.39, 0.29) is 18.1 Å². The number of hydrogen-bond acceptors (Lipinski definition) is 4. The van der Waals surface area contributed by atoms with Crippen molar-refractivity contribution in [1.29, 1.82) is 0 Å². The van der Waals surface area contributed by atoms with Crippen molar-refractivity contribution in [1.82, 2.24) is 5.32 Å². The fourth-order valence-electron chi connectivity index (χ4n) is 1.64. The highest BCUT2D eigenvalue weighted by atomic mass is 16.5. The molecule has 2 unspecified atom stereocenters. The zero-order chi connectivity index (χ0) is 11.3. The van der Waals surface area contributed by atoms with Crippen molar-refractivity contribution in [2.75, 3.05) is 26.9 Å². The molecule has 0 aromatic carbocycles. The third kappa shape index (κ3) is 3.77. The van der Waals surface area contributed by atoms with Crippen molar-refractivity contribution in [2.45, 2.75) is 31.4 Å². The van der Waals surface area contributed by atoms with Gasteiger partial charge in [0.25, 0.3) is 0 Å². The van der Waals surface area contributed by atoms with Crippen molar-refractivity contribution >= 4 is 5.91 Å². The topological polar surface area (TPSA) is 73.6 Å². The Morgan fingerprint density at radius 1 is 1.73 bits per heavy atom. The molecule has 0 radical (unpaired) electrons. The second kappa shape index (κ2) is 5.44. The van der Waals surface area contributed by atoms with Crippen LogP contribution < -0.4 is 11.1 Å². The number of nitrogens with two attached hydrogens (primary N) is 1. The van der Waals surface area contributed by atoms with Crippen molar-refractivity contribution in [3.63, 3.8) is 0 Å².